The zero-order valence-corrected chi connectivity index (χ0v) is 19.2. The number of thiazole rings is 1. The van der Waals surface area contributed by atoms with Crippen molar-refractivity contribution in [1.29, 1.82) is 0 Å². The maximum Gasteiger partial charge on any atom is 0.195 e. The highest BCUT2D eigenvalue weighted by atomic mass is 127. The minimum Gasteiger partial charge on any atom is -0.493 e. The molecule has 0 amide bonds. The second-order valence-corrected chi connectivity index (χ2v) is 7.44. The van der Waals surface area contributed by atoms with Gasteiger partial charge in [-0.2, -0.15) is 0 Å². The van der Waals surface area contributed by atoms with Gasteiger partial charge in [0, 0.05) is 29.6 Å². The molecule has 0 bridgehead atoms. The minimum absolute atomic E-state index is 0. The van der Waals surface area contributed by atoms with Crippen molar-refractivity contribution >= 4 is 47.0 Å². The maximum atomic E-state index is 5.32. The van der Waals surface area contributed by atoms with E-state index < -0.39 is 0 Å². The molecule has 0 aliphatic heterocycles. The van der Waals surface area contributed by atoms with Crippen LogP contribution in [0.5, 0.6) is 11.5 Å². The van der Waals surface area contributed by atoms with Crippen molar-refractivity contribution in [3.63, 3.8) is 0 Å². The van der Waals surface area contributed by atoms with E-state index in [9.17, 15) is 0 Å². The van der Waals surface area contributed by atoms with E-state index >= 15 is 0 Å². The lowest BCUT2D eigenvalue weighted by Gasteiger charge is -2.15. The Morgan fingerprint density at radius 2 is 1.88 bits per heavy atom. The van der Waals surface area contributed by atoms with Crippen LogP contribution in [0.25, 0.3) is 0 Å². The van der Waals surface area contributed by atoms with Crippen LogP contribution >= 0.6 is 35.3 Å². The SMILES string of the molecule is CN=C(NCc1nc(C(C)(C)C)cs1)Nc1ccc(OC)c(OC)c1.I. The first-order valence-corrected chi connectivity index (χ1v) is 8.90. The quantitative estimate of drug-likeness (QED) is 0.373. The van der Waals surface area contributed by atoms with E-state index in [0.717, 1.165) is 16.4 Å². The summed E-state index contributed by atoms with van der Waals surface area (Å²) in [5, 5.41) is 9.66. The number of nitrogens with one attached hydrogen (secondary N) is 2. The molecule has 1 heterocycles. The number of aliphatic imine (C=N–C) groups is 1. The van der Waals surface area contributed by atoms with Crippen molar-refractivity contribution in [1.82, 2.24) is 10.3 Å². The van der Waals surface area contributed by atoms with Crippen LogP contribution in [0.4, 0.5) is 5.69 Å². The smallest absolute Gasteiger partial charge is 0.195 e. The molecule has 26 heavy (non-hydrogen) atoms. The van der Waals surface area contributed by atoms with Gasteiger partial charge in [-0.05, 0) is 12.1 Å². The molecule has 0 unspecified atom stereocenters. The van der Waals surface area contributed by atoms with Crippen LogP contribution < -0.4 is 20.1 Å². The molecule has 6 nitrogen and oxygen atoms in total. The van der Waals surface area contributed by atoms with Gasteiger partial charge < -0.3 is 20.1 Å². The molecule has 0 atom stereocenters. The molecule has 1 aromatic carbocycles. The predicted molar refractivity (Wildman–Crippen MR) is 120 cm³/mol. The molecular weight excluding hydrogens is 463 g/mol. The topological polar surface area (TPSA) is 67.8 Å². The first-order chi connectivity index (χ1) is 11.9. The Labute approximate surface area is 176 Å². The molecule has 0 radical (unpaired) electrons. The molecule has 2 aromatic rings. The summed E-state index contributed by atoms with van der Waals surface area (Å²) < 4.78 is 10.6. The molecule has 0 saturated heterocycles. The van der Waals surface area contributed by atoms with Crippen molar-refractivity contribution in [2.75, 3.05) is 26.6 Å². The van der Waals surface area contributed by atoms with Gasteiger partial charge in [-0.3, -0.25) is 4.99 Å². The van der Waals surface area contributed by atoms with Crippen molar-refractivity contribution < 1.29 is 9.47 Å². The number of halogens is 1. The predicted octanol–water partition coefficient (Wildman–Crippen LogP) is 4.26. The Morgan fingerprint density at radius 3 is 2.42 bits per heavy atom. The third kappa shape index (κ3) is 6.01. The molecule has 0 saturated carbocycles. The number of hydrogen-bond acceptors (Lipinski definition) is 5. The summed E-state index contributed by atoms with van der Waals surface area (Å²) in [5.41, 5.74) is 2.03. The fraction of sp³-hybridized carbons (Fsp3) is 0.444. The molecular formula is C18H27IN4O2S. The Bertz CT molecular complexity index is 741. The van der Waals surface area contributed by atoms with Crippen molar-refractivity contribution in [2.45, 2.75) is 32.7 Å². The zero-order chi connectivity index (χ0) is 18.4. The highest BCUT2D eigenvalue weighted by Gasteiger charge is 2.17. The fourth-order valence-corrected chi connectivity index (χ4v) is 3.09. The average Bonchev–Trinajstić information content (AvgIpc) is 3.07. The summed E-state index contributed by atoms with van der Waals surface area (Å²) in [4.78, 5) is 8.93. The number of ether oxygens (including phenoxy) is 2. The van der Waals surface area contributed by atoms with Gasteiger partial charge in [0.25, 0.3) is 0 Å². The van der Waals surface area contributed by atoms with Gasteiger partial charge >= 0.3 is 0 Å². The van der Waals surface area contributed by atoms with Gasteiger partial charge in [0.1, 0.15) is 5.01 Å². The molecule has 1 aromatic heterocycles. The number of hydrogen-bond donors (Lipinski definition) is 2. The number of aromatic nitrogens is 1. The van der Waals surface area contributed by atoms with Gasteiger partial charge in [0.2, 0.25) is 0 Å². The van der Waals surface area contributed by atoms with E-state index in [4.69, 9.17) is 9.47 Å². The fourth-order valence-electron chi connectivity index (χ4n) is 2.13. The largest absolute Gasteiger partial charge is 0.493 e. The molecule has 2 N–H and O–H groups in total. The average molecular weight is 490 g/mol. The Hall–Kier alpha value is -1.55. The van der Waals surface area contributed by atoms with E-state index in [-0.39, 0.29) is 29.4 Å². The summed E-state index contributed by atoms with van der Waals surface area (Å²) in [6.07, 6.45) is 0. The summed E-state index contributed by atoms with van der Waals surface area (Å²) in [5.74, 6) is 2.02. The summed E-state index contributed by atoms with van der Waals surface area (Å²) in [6, 6.07) is 5.63. The van der Waals surface area contributed by atoms with Gasteiger partial charge in [-0.15, -0.1) is 35.3 Å². The number of anilines is 1. The first-order valence-electron chi connectivity index (χ1n) is 8.02. The zero-order valence-electron chi connectivity index (χ0n) is 16.0. The van der Waals surface area contributed by atoms with Crippen molar-refractivity contribution in [3.05, 3.63) is 34.3 Å². The monoisotopic (exact) mass is 490 g/mol. The molecule has 0 aliphatic rings. The van der Waals surface area contributed by atoms with Crippen LogP contribution in [-0.2, 0) is 12.0 Å². The van der Waals surface area contributed by atoms with E-state index in [1.165, 1.54) is 0 Å². The third-order valence-electron chi connectivity index (χ3n) is 3.60. The van der Waals surface area contributed by atoms with E-state index in [1.54, 1.807) is 32.6 Å². The molecule has 0 fully saturated rings. The standard InChI is InChI=1S/C18H26N4O2S.HI/c1-18(2,3)15-11-25-16(22-15)10-20-17(19-4)21-12-7-8-13(23-5)14(9-12)24-6;/h7-9,11H,10H2,1-6H3,(H2,19,20,21);1H. The maximum absolute atomic E-state index is 5.32. The normalized spacial score (nSPS) is 11.5. The lowest BCUT2D eigenvalue weighted by molar-refractivity contribution is 0.355. The van der Waals surface area contributed by atoms with Gasteiger partial charge in [0.05, 0.1) is 26.5 Å². The van der Waals surface area contributed by atoms with Crippen LogP contribution in [-0.4, -0.2) is 32.2 Å². The third-order valence-corrected chi connectivity index (χ3v) is 4.45. The minimum atomic E-state index is 0. The number of nitrogens with zero attached hydrogens (tertiary/aromatic N) is 2. The van der Waals surface area contributed by atoms with Gasteiger partial charge in [0.15, 0.2) is 17.5 Å². The van der Waals surface area contributed by atoms with Gasteiger partial charge in [-0.25, -0.2) is 4.98 Å². The Morgan fingerprint density at radius 1 is 1.19 bits per heavy atom. The number of benzene rings is 1. The molecule has 144 valence electrons. The number of guanidine groups is 1. The molecule has 8 heteroatoms. The highest BCUT2D eigenvalue weighted by Crippen LogP contribution is 2.29. The van der Waals surface area contributed by atoms with Crippen LogP contribution in [0.3, 0.4) is 0 Å². The van der Waals surface area contributed by atoms with Crippen molar-refractivity contribution in [2.24, 2.45) is 4.99 Å². The summed E-state index contributed by atoms with van der Waals surface area (Å²) in [7, 11) is 4.97. The lowest BCUT2D eigenvalue weighted by atomic mass is 9.93. The van der Waals surface area contributed by atoms with E-state index in [2.05, 4.69) is 46.8 Å². The summed E-state index contributed by atoms with van der Waals surface area (Å²) in [6.45, 7) is 7.11. The molecule has 0 spiro atoms. The van der Waals surface area contributed by atoms with Gasteiger partial charge in [-0.1, -0.05) is 20.8 Å². The Kier molecular flexibility index (Phi) is 8.61. The van der Waals surface area contributed by atoms with Crippen LogP contribution in [0.2, 0.25) is 0 Å². The first kappa shape index (κ1) is 22.5. The van der Waals surface area contributed by atoms with Crippen LogP contribution in [0, 0.1) is 0 Å². The summed E-state index contributed by atoms with van der Waals surface area (Å²) >= 11 is 1.65. The highest BCUT2D eigenvalue weighted by molar-refractivity contribution is 14.0. The number of methoxy groups -OCH3 is 2. The van der Waals surface area contributed by atoms with Crippen molar-refractivity contribution in [3.8, 4) is 11.5 Å². The van der Waals surface area contributed by atoms with E-state index in [0.29, 0.717) is 24.0 Å². The lowest BCUT2D eigenvalue weighted by Crippen LogP contribution is -2.30. The molecule has 0 aliphatic carbocycles. The molecule has 2 rings (SSSR count). The second kappa shape index (κ2) is 9.96. The number of rotatable bonds is 5. The van der Waals surface area contributed by atoms with Crippen LogP contribution in [0.15, 0.2) is 28.6 Å². The Balaban J connectivity index is 0.00000338. The van der Waals surface area contributed by atoms with E-state index in [1.807, 2.05) is 18.2 Å². The van der Waals surface area contributed by atoms with Crippen LogP contribution in [0.1, 0.15) is 31.5 Å². The second-order valence-electron chi connectivity index (χ2n) is 6.50.